The summed E-state index contributed by atoms with van der Waals surface area (Å²) in [5, 5.41) is 37.5. The third-order valence-electron chi connectivity index (χ3n) is 13.4. The maximum Gasteiger partial charge on any atom is 0.340 e. The lowest BCUT2D eigenvalue weighted by Gasteiger charge is -2.70. The lowest BCUT2D eigenvalue weighted by Crippen LogP contribution is -2.81. The zero-order chi connectivity index (χ0) is 34.6. The number of likely N-dealkylation sites (tertiary alicyclic amines) is 1. The minimum Gasteiger partial charge on any atom is -0.455 e. The molecule has 13 nitrogen and oxygen atoms in total. The second-order valence-corrected chi connectivity index (χ2v) is 14.7. The molecule has 1 spiro atoms. The summed E-state index contributed by atoms with van der Waals surface area (Å²) < 4.78 is 37.5. The van der Waals surface area contributed by atoms with E-state index in [2.05, 4.69) is 16.6 Å². The van der Waals surface area contributed by atoms with Crippen molar-refractivity contribution in [2.24, 2.45) is 39.5 Å². The molecular formula is C35H48N2O11. The fourth-order valence-corrected chi connectivity index (χ4v) is 12.5. The minimum absolute atomic E-state index is 0.0439. The van der Waals surface area contributed by atoms with Gasteiger partial charge in [0.1, 0.15) is 23.9 Å². The molecule has 48 heavy (non-hydrogen) atoms. The molecule has 0 aromatic heterocycles. The van der Waals surface area contributed by atoms with E-state index in [1.165, 1.54) is 14.0 Å². The Labute approximate surface area is 280 Å². The molecule has 5 saturated carbocycles. The van der Waals surface area contributed by atoms with Gasteiger partial charge in [-0.05, 0) is 37.7 Å². The van der Waals surface area contributed by atoms with Crippen LogP contribution in [0.5, 0.6) is 0 Å². The summed E-state index contributed by atoms with van der Waals surface area (Å²) in [4.78, 5) is 33.6. The van der Waals surface area contributed by atoms with Gasteiger partial charge in [0.2, 0.25) is 0 Å². The van der Waals surface area contributed by atoms with Crippen LogP contribution in [0.3, 0.4) is 0 Å². The van der Waals surface area contributed by atoms with Gasteiger partial charge in [0, 0.05) is 83.0 Å². The summed E-state index contributed by atoms with van der Waals surface area (Å²) in [5.74, 6) is -3.92. The van der Waals surface area contributed by atoms with Crippen molar-refractivity contribution in [2.75, 3.05) is 48.1 Å². The van der Waals surface area contributed by atoms with E-state index in [-0.39, 0.29) is 24.6 Å². The monoisotopic (exact) mass is 672 g/mol. The number of rotatable bonds is 10. The van der Waals surface area contributed by atoms with Crippen molar-refractivity contribution in [3.8, 4) is 0 Å². The Morgan fingerprint density at radius 2 is 1.79 bits per heavy atom. The first kappa shape index (κ1) is 34.0. The van der Waals surface area contributed by atoms with E-state index in [1.54, 1.807) is 45.6 Å². The number of aliphatic hydroxyl groups is 3. The van der Waals surface area contributed by atoms with Crippen molar-refractivity contribution in [2.45, 2.75) is 80.6 Å². The summed E-state index contributed by atoms with van der Waals surface area (Å²) in [6.07, 6.45) is -5.75. The van der Waals surface area contributed by atoms with Crippen LogP contribution in [-0.4, -0.2) is 141 Å². The number of methoxy groups -OCH3 is 4. The second-order valence-electron chi connectivity index (χ2n) is 14.7. The summed E-state index contributed by atoms with van der Waals surface area (Å²) in [6, 6.07) is 6.25. The number of benzene rings is 1. The first-order valence-electron chi connectivity index (χ1n) is 16.8. The summed E-state index contributed by atoms with van der Waals surface area (Å²) >= 11 is 0. The third kappa shape index (κ3) is 3.82. The van der Waals surface area contributed by atoms with Crippen molar-refractivity contribution >= 4 is 24.3 Å². The van der Waals surface area contributed by atoms with Crippen LogP contribution in [0.2, 0.25) is 0 Å². The highest BCUT2D eigenvalue weighted by atomic mass is 16.6. The number of aliphatic imine (C=N–C) groups is 1. The molecule has 6 fully saturated rings. The minimum atomic E-state index is -1.88. The molecule has 13 heteroatoms. The van der Waals surface area contributed by atoms with Crippen LogP contribution in [0, 0.1) is 34.5 Å². The first-order valence-corrected chi connectivity index (χ1v) is 16.8. The van der Waals surface area contributed by atoms with Crippen LogP contribution in [0.4, 0.5) is 5.69 Å². The number of carbonyl (C=O) groups excluding carboxylic acids is 2. The van der Waals surface area contributed by atoms with Crippen molar-refractivity contribution < 1.29 is 53.3 Å². The molecule has 6 aliphatic rings. The van der Waals surface area contributed by atoms with Gasteiger partial charge in [-0.25, -0.2) is 4.79 Å². The van der Waals surface area contributed by atoms with Gasteiger partial charge >= 0.3 is 11.9 Å². The molecule has 0 radical (unpaired) electrons. The topological polar surface area (TPSA) is 166 Å². The molecule has 7 rings (SSSR count). The van der Waals surface area contributed by atoms with Crippen LogP contribution in [0.15, 0.2) is 29.3 Å². The average Bonchev–Trinajstić information content (AvgIpc) is 3.44. The van der Waals surface area contributed by atoms with Gasteiger partial charge in [0.15, 0.2) is 5.60 Å². The van der Waals surface area contributed by atoms with E-state index < -0.39 is 94.3 Å². The molecule has 3 N–H and O–H groups in total. The van der Waals surface area contributed by atoms with Gasteiger partial charge in [-0.15, -0.1) is 0 Å². The number of fused-ring (bicyclic) bond motifs is 2. The number of hydrogen-bond donors (Lipinski definition) is 3. The Bertz CT molecular complexity index is 1480. The quantitative estimate of drug-likeness (QED) is 0.239. The van der Waals surface area contributed by atoms with Gasteiger partial charge in [-0.3, -0.25) is 14.7 Å². The SMILES string of the molecule is C=Nc1ccccc1C(=O)O[C@@H]1[C@H]2C3C[C@]1(O)[C@@H](OC)C(O)[C@]2(OC(C)=O)C1C(OC)C2C4(COC)CN(CC)C1C32[C@@H](OC)C[C@H]4O. The number of piperidine rings is 1. The Hall–Kier alpha value is -2.49. The Morgan fingerprint density at radius 3 is 2.40 bits per heavy atom. The van der Waals surface area contributed by atoms with Crippen LogP contribution >= 0.6 is 0 Å². The fraction of sp³-hybridized carbons (Fsp3) is 0.743. The lowest BCUT2D eigenvalue weighted by molar-refractivity contribution is -0.322. The van der Waals surface area contributed by atoms with Crippen LogP contribution < -0.4 is 0 Å². The number of nitrogens with zero attached hydrogens (tertiary/aromatic N) is 2. The van der Waals surface area contributed by atoms with Gasteiger partial charge in [0.05, 0.1) is 36.2 Å². The average molecular weight is 673 g/mol. The van der Waals surface area contributed by atoms with E-state index >= 15 is 0 Å². The van der Waals surface area contributed by atoms with E-state index in [0.29, 0.717) is 25.2 Å². The van der Waals surface area contributed by atoms with Crippen LogP contribution in [0.25, 0.3) is 0 Å². The van der Waals surface area contributed by atoms with E-state index in [1.807, 2.05) is 6.92 Å². The van der Waals surface area contributed by atoms with Gasteiger partial charge < -0.3 is 43.7 Å². The third-order valence-corrected chi connectivity index (χ3v) is 13.4. The molecule has 1 aromatic rings. The molecule has 8 unspecified atom stereocenters. The number of carbonyl (C=O) groups is 2. The molecule has 1 saturated heterocycles. The van der Waals surface area contributed by atoms with Gasteiger partial charge in [0.25, 0.3) is 0 Å². The molecule has 1 aliphatic heterocycles. The van der Waals surface area contributed by atoms with Crippen molar-refractivity contribution in [3.63, 3.8) is 0 Å². The largest absolute Gasteiger partial charge is 0.455 e. The van der Waals surface area contributed by atoms with Crippen molar-refractivity contribution in [3.05, 3.63) is 29.8 Å². The van der Waals surface area contributed by atoms with E-state index in [9.17, 15) is 24.9 Å². The highest BCUT2D eigenvalue weighted by molar-refractivity contribution is 5.95. The highest BCUT2D eigenvalue weighted by Crippen LogP contribution is 2.80. The Morgan fingerprint density at radius 1 is 1.06 bits per heavy atom. The number of ether oxygens (including phenoxy) is 6. The molecule has 1 heterocycles. The maximum atomic E-state index is 14.0. The van der Waals surface area contributed by atoms with Gasteiger partial charge in [-0.2, -0.15) is 0 Å². The van der Waals surface area contributed by atoms with Gasteiger partial charge in [-0.1, -0.05) is 19.1 Å². The molecule has 1 aromatic carbocycles. The fourth-order valence-electron chi connectivity index (χ4n) is 12.5. The Balaban J connectivity index is 1.52. The summed E-state index contributed by atoms with van der Waals surface area (Å²) in [7, 11) is 6.23. The van der Waals surface area contributed by atoms with E-state index in [0.717, 1.165) is 0 Å². The van der Waals surface area contributed by atoms with Crippen molar-refractivity contribution in [1.82, 2.24) is 4.90 Å². The van der Waals surface area contributed by atoms with Crippen LogP contribution in [-0.2, 0) is 33.2 Å². The molecular weight excluding hydrogens is 624 g/mol. The molecule has 7 bridgehead atoms. The Kier molecular flexibility index (Phi) is 8.16. The highest BCUT2D eigenvalue weighted by Gasteiger charge is 2.92. The number of hydrogen-bond acceptors (Lipinski definition) is 13. The van der Waals surface area contributed by atoms with Crippen LogP contribution in [0.1, 0.15) is 37.0 Å². The summed E-state index contributed by atoms with van der Waals surface area (Å²) in [6.45, 7) is 8.20. The smallest absolute Gasteiger partial charge is 0.340 e. The zero-order valence-electron chi connectivity index (χ0n) is 28.4. The number of aliphatic hydroxyl groups excluding tert-OH is 2. The molecule has 264 valence electrons. The molecule has 15 atom stereocenters. The summed E-state index contributed by atoms with van der Waals surface area (Å²) in [5.41, 5.74) is -4.78. The lowest BCUT2D eigenvalue weighted by atomic mass is 9.42. The standard InChI is InChI=1S/C35H48N2O11/c1-8-37-15-32(16-43-4)21(39)13-22(44-5)34-19-14-33(42)29(47-31(41)18-11-9-10-12-20(18)36-3)23(19)35(48-17(2)38,28(40)30(33)46-7)24(27(34)37)25(45-6)26(32)34/h9-12,19,21-30,39-40,42H,3,8,13-16H2,1-2,4-7H3/t19?,21-,22+,23-,24?,25?,26?,27?,28?,29-,30+,32?,33-,34?,35-/m1/s1. The number of para-hydroxylation sites is 1. The molecule has 0 amide bonds. The van der Waals surface area contributed by atoms with Crippen molar-refractivity contribution in [1.29, 1.82) is 0 Å². The molecule has 5 aliphatic carbocycles. The normalized spacial score (nSPS) is 48.2. The number of esters is 2. The van der Waals surface area contributed by atoms with E-state index in [4.69, 9.17) is 28.4 Å². The first-order chi connectivity index (χ1) is 22.9. The zero-order valence-corrected chi connectivity index (χ0v) is 28.4. The predicted molar refractivity (Wildman–Crippen MR) is 170 cm³/mol. The predicted octanol–water partition coefficient (Wildman–Crippen LogP) is 0.980. The second kappa shape index (κ2) is 11.5. The maximum absolute atomic E-state index is 14.0.